The van der Waals surface area contributed by atoms with Gasteiger partial charge >= 0.3 is 0 Å². The van der Waals surface area contributed by atoms with Gasteiger partial charge in [0.15, 0.2) is 5.67 Å². The molecule has 0 aromatic carbocycles. The molecule has 1 saturated heterocycles. The van der Waals surface area contributed by atoms with E-state index in [9.17, 15) is 17.9 Å². The monoisotopic (exact) mass is 540 g/mol. The van der Waals surface area contributed by atoms with Crippen LogP contribution in [0.1, 0.15) is 38.7 Å². The van der Waals surface area contributed by atoms with E-state index < -0.39 is 21.8 Å². The Morgan fingerprint density at radius 3 is 2.63 bits per heavy atom. The van der Waals surface area contributed by atoms with Crippen molar-refractivity contribution < 1.29 is 17.9 Å². The molecule has 11 nitrogen and oxygen atoms in total. The van der Waals surface area contributed by atoms with Gasteiger partial charge in [-0.15, -0.1) is 0 Å². The summed E-state index contributed by atoms with van der Waals surface area (Å²) in [6, 6.07) is 3.60. The maximum Gasteiger partial charge on any atom is 0.250 e. The first-order chi connectivity index (χ1) is 17.9. The van der Waals surface area contributed by atoms with Gasteiger partial charge in [0.05, 0.1) is 37.0 Å². The van der Waals surface area contributed by atoms with E-state index in [1.807, 2.05) is 6.07 Å². The van der Waals surface area contributed by atoms with Crippen LogP contribution in [0, 0.1) is 0 Å². The van der Waals surface area contributed by atoms with Crippen LogP contribution in [-0.2, 0) is 10.0 Å². The largest absolute Gasteiger partial charge is 0.390 e. The zero-order valence-corrected chi connectivity index (χ0v) is 22.3. The number of piperidine rings is 1. The van der Waals surface area contributed by atoms with Crippen LogP contribution in [0.5, 0.6) is 0 Å². The Balaban J connectivity index is 1.48. The fraction of sp³-hybridized carbons (Fsp3) is 0.400. The Bertz CT molecular complexity index is 1610. The van der Waals surface area contributed by atoms with Crippen LogP contribution in [0.2, 0.25) is 0 Å². The molecule has 2 N–H and O–H groups in total. The number of aromatic nitrogens is 6. The van der Waals surface area contributed by atoms with E-state index in [4.69, 9.17) is 0 Å². The van der Waals surface area contributed by atoms with Crippen LogP contribution in [0.3, 0.4) is 0 Å². The summed E-state index contributed by atoms with van der Waals surface area (Å²) in [5.74, 6) is 1.56. The first kappa shape index (κ1) is 25.9. The van der Waals surface area contributed by atoms with Crippen LogP contribution in [0.25, 0.3) is 22.0 Å². The number of hydrogen-bond donors (Lipinski definition) is 2. The van der Waals surface area contributed by atoms with Crippen LogP contribution in [-0.4, -0.2) is 73.8 Å². The SMILES string of the molecule is CC(C)c1cnc(-c2cnn(S(C)(=O)=O)c2)c2cnc(Nc3ccnc(N4CC[C@@H](O)[C@@](C)(F)C4)n3)cc12. The maximum atomic E-state index is 14.7. The predicted molar refractivity (Wildman–Crippen MR) is 143 cm³/mol. The quantitative estimate of drug-likeness (QED) is 0.375. The molecule has 1 aliphatic heterocycles. The molecule has 0 unspecified atom stereocenters. The van der Waals surface area contributed by atoms with Crippen molar-refractivity contribution in [1.82, 2.24) is 29.1 Å². The van der Waals surface area contributed by atoms with Gasteiger partial charge in [0.1, 0.15) is 11.6 Å². The summed E-state index contributed by atoms with van der Waals surface area (Å²) in [5.41, 5.74) is 0.387. The molecule has 0 aliphatic carbocycles. The van der Waals surface area contributed by atoms with E-state index in [-0.39, 0.29) is 18.9 Å². The first-order valence-corrected chi connectivity index (χ1v) is 14.0. The van der Waals surface area contributed by atoms with Gasteiger partial charge in [-0.3, -0.25) is 4.98 Å². The van der Waals surface area contributed by atoms with Crippen molar-refractivity contribution in [1.29, 1.82) is 0 Å². The third kappa shape index (κ3) is 5.03. The van der Waals surface area contributed by atoms with Gasteiger partial charge in [-0.05, 0) is 42.3 Å². The van der Waals surface area contributed by atoms with Gasteiger partial charge < -0.3 is 15.3 Å². The van der Waals surface area contributed by atoms with Crippen molar-refractivity contribution in [3.63, 3.8) is 0 Å². The Morgan fingerprint density at radius 1 is 1.16 bits per heavy atom. The molecular weight excluding hydrogens is 511 g/mol. The van der Waals surface area contributed by atoms with Gasteiger partial charge in [-0.25, -0.2) is 22.8 Å². The van der Waals surface area contributed by atoms with E-state index in [0.29, 0.717) is 35.4 Å². The molecule has 5 heterocycles. The zero-order valence-electron chi connectivity index (χ0n) is 21.5. The minimum atomic E-state index is -3.52. The fourth-order valence-electron chi connectivity index (χ4n) is 4.53. The molecule has 0 spiro atoms. The van der Waals surface area contributed by atoms with Crippen LogP contribution in [0.15, 0.2) is 43.1 Å². The molecule has 38 heavy (non-hydrogen) atoms. The highest BCUT2D eigenvalue weighted by atomic mass is 32.2. The summed E-state index contributed by atoms with van der Waals surface area (Å²) in [6.07, 6.45) is 8.32. The average molecular weight is 541 g/mol. The zero-order chi connectivity index (χ0) is 27.2. The Labute approximate surface area is 219 Å². The number of fused-ring (bicyclic) bond motifs is 1. The van der Waals surface area contributed by atoms with Crippen molar-refractivity contribution in [3.05, 3.63) is 48.7 Å². The topological polar surface area (TPSA) is 139 Å². The highest BCUT2D eigenvalue weighted by Gasteiger charge is 2.39. The summed E-state index contributed by atoms with van der Waals surface area (Å²) in [4.78, 5) is 19.7. The second-order valence-electron chi connectivity index (χ2n) is 10.1. The summed E-state index contributed by atoms with van der Waals surface area (Å²) in [6.45, 7) is 5.95. The van der Waals surface area contributed by atoms with Gasteiger partial charge in [0, 0.05) is 36.1 Å². The summed E-state index contributed by atoms with van der Waals surface area (Å²) in [5, 5.41) is 18.8. The molecule has 13 heteroatoms. The van der Waals surface area contributed by atoms with Gasteiger partial charge in [0.25, 0.3) is 10.0 Å². The number of aliphatic hydroxyl groups is 1. The minimum absolute atomic E-state index is 0.00468. The number of rotatable bonds is 6. The van der Waals surface area contributed by atoms with E-state index >= 15 is 0 Å². The second-order valence-corrected chi connectivity index (χ2v) is 11.9. The molecule has 4 aromatic heterocycles. The molecule has 200 valence electrons. The van der Waals surface area contributed by atoms with Crippen LogP contribution < -0.4 is 10.2 Å². The summed E-state index contributed by atoms with van der Waals surface area (Å²) in [7, 11) is -3.52. The lowest BCUT2D eigenvalue weighted by Crippen LogP contribution is -2.52. The average Bonchev–Trinajstić information content (AvgIpc) is 3.36. The number of hydrogen-bond acceptors (Lipinski definition) is 10. The Hall–Kier alpha value is -3.71. The predicted octanol–water partition coefficient (Wildman–Crippen LogP) is 3.26. The van der Waals surface area contributed by atoms with Crippen molar-refractivity contribution >= 4 is 38.4 Å². The van der Waals surface area contributed by atoms with Crippen molar-refractivity contribution in [3.8, 4) is 11.3 Å². The maximum absolute atomic E-state index is 14.7. The molecule has 2 atom stereocenters. The molecule has 0 amide bonds. The molecule has 0 bridgehead atoms. The molecule has 1 fully saturated rings. The molecule has 5 rings (SSSR count). The number of halogens is 1. The first-order valence-electron chi connectivity index (χ1n) is 12.2. The van der Waals surface area contributed by atoms with E-state index in [1.165, 1.54) is 19.3 Å². The number of anilines is 3. The van der Waals surface area contributed by atoms with Crippen LogP contribution >= 0.6 is 0 Å². The van der Waals surface area contributed by atoms with E-state index in [1.54, 1.807) is 29.6 Å². The lowest BCUT2D eigenvalue weighted by atomic mass is 9.94. The van der Waals surface area contributed by atoms with Gasteiger partial charge in [-0.1, -0.05) is 13.8 Å². The number of alkyl halides is 1. The highest BCUT2D eigenvalue weighted by Crippen LogP contribution is 2.33. The van der Waals surface area contributed by atoms with Crippen molar-refractivity contribution in [2.75, 3.05) is 29.6 Å². The number of nitrogens with zero attached hydrogens (tertiary/aromatic N) is 7. The normalized spacial score (nSPS) is 20.3. The molecular formula is C25H29FN8O3S. The number of pyridine rings is 2. The van der Waals surface area contributed by atoms with E-state index in [0.717, 1.165) is 26.7 Å². The van der Waals surface area contributed by atoms with E-state index in [2.05, 4.69) is 44.2 Å². The minimum Gasteiger partial charge on any atom is -0.390 e. The molecule has 4 aromatic rings. The molecule has 1 aliphatic rings. The Kier molecular flexibility index (Phi) is 6.51. The number of aliphatic hydroxyl groups excluding tert-OH is 1. The van der Waals surface area contributed by atoms with Crippen molar-refractivity contribution in [2.24, 2.45) is 0 Å². The lowest BCUT2D eigenvalue weighted by Gasteiger charge is -2.38. The highest BCUT2D eigenvalue weighted by molar-refractivity contribution is 7.89. The second kappa shape index (κ2) is 9.55. The summed E-state index contributed by atoms with van der Waals surface area (Å²) >= 11 is 0. The molecule has 0 radical (unpaired) electrons. The van der Waals surface area contributed by atoms with Gasteiger partial charge in [0.2, 0.25) is 5.95 Å². The number of nitrogens with one attached hydrogen (secondary N) is 1. The fourth-order valence-corrected chi connectivity index (χ4v) is 5.06. The van der Waals surface area contributed by atoms with Crippen LogP contribution in [0.4, 0.5) is 22.0 Å². The van der Waals surface area contributed by atoms with Gasteiger partial charge in [-0.2, -0.15) is 14.2 Å². The van der Waals surface area contributed by atoms with Crippen molar-refractivity contribution in [2.45, 2.75) is 44.9 Å². The smallest absolute Gasteiger partial charge is 0.250 e. The third-order valence-corrected chi connectivity index (χ3v) is 7.53. The Morgan fingerprint density at radius 2 is 1.95 bits per heavy atom. The summed E-state index contributed by atoms with van der Waals surface area (Å²) < 4.78 is 39.4. The molecule has 0 saturated carbocycles. The third-order valence-electron chi connectivity index (χ3n) is 6.65. The lowest BCUT2D eigenvalue weighted by molar-refractivity contribution is -0.00860. The standard InChI is InChI=1S/C25H29FN8O3S/c1-15(2)18-11-29-23(16-10-30-34(13-16)38(4,36)37)19-12-28-22(9-17(18)19)31-21-5-7-27-24(32-21)33-8-6-20(35)25(3,26)14-33/h5,7,9-13,15,20,35H,6,8,14H2,1-4H3,(H,27,28,31,32)/t20-,25+/m1/s1.